The van der Waals surface area contributed by atoms with Crippen LogP contribution in [0.25, 0.3) is 21.9 Å². The van der Waals surface area contributed by atoms with Crippen LogP contribution in [0.3, 0.4) is 0 Å². The molecule has 0 aliphatic carbocycles. The lowest BCUT2D eigenvalue weighted by molar-refractivity contribution is -0.120. The molecule has 0 saturated carbocycles. The molecular formula is C21H25N5O. The van der Waals surface area contributed by atoms with Gasteiger partial charge in [0.15, 0.2) is 5.78 Å². The Morgan fingerprint density at radius 3 is 2.63 bits per heavy atom. The summed E-state index contributed by atoms with van der Waals surface area (Å²) in [6.07, 6.45) is 5.50. The number of carbonyl (C=O) groups excluding carboxylic acids is 1. The molecule has 1 aliphatic rings. The van der Waals surface area contributed by atoms with Gasteiger partial charge in [-0.3, -0.25) is 19.4 Å². The molecule has 0 bridgehead atoms. The highest BCUT2D eigenvalue weighted by atomic mass is 16.1. The maximum atomic E-state index is 12.8. The summed E-state index contributed by atoms with van der Waals surface area (Å²) in [7, 11) is 3.89. The van der Waals surface area contributed by atoms with E-state index >= 15 is 0 Å². The summed E-state index contributed by atoms with van der Waals surface area (Å²) in [4.78, 5) is 20.9. The molecule has 0 amide bonds. The minimum absolute atomic E-state index is 0.0214. The van der Waals surface area contributed by atoms with Gasteiger partial charge in [-0.25, -0.2) is 0 Å². The molecule has 6 nitrogen and oxygen atoms in total. The highest BCUT2D eigenvalue weighted by molar-refractivity contribution is 5.88. The molecule has 1 aliphatic heterocycles. The molecule has 4 rings (SSSR count). The third-order valence-corrected chi connectivity index (χ3v) is 4.94. The van der Waals surface area contributed by atoms with E-state index in [1.807, 2.05) is 44.7 Å². The Kier molecular flexibility index (Phi) is 4.35. The van der Waals surface area contributed by atoms with E-state index in [4.69, 9.17) is 2.74 Å². The highest BCUT2D eigenvalue weighted by Gasteiger charge is 2.17. The van der Waals surface area contributed by atoms with Gasteiger partial charge in [0.1, 0.15) is 0 Å². The summed E-state index contributed by atoms with van der Waals surface area (Å²) in [5.74, 6) is -0.447. The zero-order valence-corrected chi connectivity index (χ0v) is 15.7. The zero-order valence-electron chi connectivity index (χ0n) is 17.7. The average Bonchev–Trinajstić information content (AvgIpc) is 3.14. The SMILES string of the molecule is [2H]C([2H])(C(=O)Cc1cc2cc(-c3cnn(C)c3)ccc2cn1)N1CCN(C)CC1. The van der Waals surface area contributed by atoms with Gasteiger partial charge in [-0.05, 0) is 30.1 Å². The number of fused-ring (bicyclic) bond motifs is 1. The number of piperazine rings is 1. The Labute approximate surface area is 162 Å². The van der Waals surface area contributed by atoms with E-state index in [2.05, 4.69) is 21.0 Å². The number of benzene rings is 1. The fraction of sp³-hybridized carbons (Fsp3) is 0.381. The average molecular weight is 365 g/mol. The fourth-order valence-corrected chi connectivity index (χ4v) is 3.33. The van der Waals surface area contributed by atoms with Crippen molar-refractivity contribution in [1.82, 2.24) is 24.6 Å². The van der Waals surface area contributed by atoms with E-state index in [-0.39, 0.29) is 6.42 Å². The van der Waals surface area contributed by atoms with Crippen molar-refractivity contribution in [3.05, 3.63) is 48.5 Å². The van der Waals surface area contributed by atoms with Gasteiger partial charge in [0.25, 0.3) is 0 Å². The molecule has 140 valence electrons. The second-order valence-electron chi connectivity index (χ2n) is 7.14. The van der Waals surface area contributed by atoms with Crippen molar-refractivity contribution in [2.75, 3.05) is 39.7 Å². The molecule has 3 heterocycles. The van der Waals surface area contributed by atoms with Crippen molar-refractivity contribution in [2.24, 2.45) is 7.05 Å². The molecule has 1 saturated heterocycles. The van der Waals surface area contributed by atoms with Crippen molar-refractivity contribution in [3.63, 3.8) is 0 Å². The Balaban J connectivity index is 1.55. The lowest BCUT2D eigenvalue weighted by atomic mass is 10.0. The van der Waals surface area contributed by atoms with Gasteiger partial charge in [0.05, 0.1) is 21.9 Å². The van der Waals surface area contributed by atoms with Gasteiger partial charge in [0.2, 0.25) is 0 Å². The van der Waals surface area contributed by atoms with Crippen molar-refractivity contribution < 1.29 is 7.54 Å². The summed E-state index contributed by atoms with van der Waals surface area (Å²) in [5, 5.41) is 6.17. The number of aromatic nitrogens is 3. The van der Waals surface area contributed by atoms with Crippen LogP contribution in [0.4, 0.5) is 0 Å². The van der Waals surface area contributed by atoms with Crippen LogP contribution in [-0.4, -0.2) is 70.1 Å². The Morgan fingerprint density at radius 1 is 1.07 bits per heavy atom. The van der Waals surface area contributed by atoms with Crippen LogP contribution >= 0.6 is 0 Å². The van der Waals surface area contributed by atoms with Crippen molar-refractivity contribution in [3.8, 4) is 11.1 Å². The van der Waals surface area contributed by atoms with E-state index in [0.717, 1.165) is 35.0 Å². The first-order valence-corrected chi connectivity index (χ1v) is 9.17. The van der Waals surface area contributed by atoms with Crippen molar-refractivity contribution in [2.45, 2.75) is 6.42 Å². The summed E-state index contributed by atoms with van der Waals surface area (Å²) in [5.41, 5.74) is 2.65. The number of hydrogen-bond acceptors (Lipinski definition) is 5. The number of hydrogen-bond donors (Lipinski definition) is 0. The van der Waals surface area contributed by atoms with Crippen molar-refractivity contribution in [1.29, 1.82) is 0 Å². The van der Waals surface area contributed by atoms with Gasteiger partial charge in [-0.1, -0.05) is 12.1 Å². The zero-order chi connectivity index (χ0) is 20.6. The Morgan fingerprint density at radius 2 is 1.89 bits per heavy atom. The highest BCUT2D eigenvalue weighted by Crippen LogP contribution is 2.24. The third kappa shape index (κ3) is 4.23. The van der Waals surface area contributed by atoms with E-state index in [0.29, 0.717) is 18.8 Å². The second kappa shape index (κ2) is 7.58. The molecule has 6 heteroatoms. The summed E-state index contributed by atoms with van der Waals surface area (Å²) < 4.78 is 18.4. The lowest BCUT2D eigenvalue weighted by Gasteiger charge is -2.31. The molecule has 1 fully saturated rings. The first kappa shape index (κ1) is 15.5. The van der Waals surface area contributed by atoms with Crippen molar-refractivity contribution >= 4 is 16.6 Å². The number of aryl methyl sites for hydroxylation is 1. The summed E-state index contributed by atoms with van der Waals surface area (Å²) in [6.45, 7) is 0.648. The number of Topliss-reactive ketones (excluding diaryl/α,β-unsaturated/α-hetero) is 1. The monoisotopic (exact) mass is 365 g/mol. The maximum absolute atomic E-state index is 12.8. The smallest absolute Gasteiger partial charge is 0.152 e. The molecule has 1 aromatic carbocycles. The van der Waals surface area contributed by atoms with Gasteiger partial charge in [-0.2, -0.15) is 5.10 Å². The molecule has 0 radical (unpaired) electrons. The van der Waals surface area contributed by atoms with Crippen LogP contribution in [0.2, 0.25) is 0 Å². The van der Waals surface area contributed by atoms with Gasteiger partial charge >= 0.3 is 0 Å². The van der Waals surface area contributed by atoms with E-state index in [1.54, 1.807) is 15.8 Å². The van der Waals surface area contributed by atoms with Crippen LogP contribution in [-0.2, 0) is 18.3 Å². The predicted octanol–water partition coefficient (Wildman–Crippen LogP) is 1.99. The first-order valence-electron chi connectivity index (χ1n) is 10.2. The van der Waals surface area contributed by atoms with E-state index in [1.165, 1.54) is 0 Å². The molecule has 3 aromatic rings. The number of pyridine rings is 1. The molecule has 0 spiro atoms. The predicted molar refractivity (Wildman–Crippen MR) is 107 cm³/mol. The van der Waals surface area contributed by atoms with Crippen LogP contribution in [0.5, 0.6) is 0 Å². The molecule has 0 unspecified atom stereocenters. The van der Waals surface area contributed by atoms with Crippen LogP contribution in [0.1, 0.15) is 8.44 Å². The molecule has 0 N–H and O–H groups in total. The lowest BCUT2D eigenvalue weighted by Crippen LogP contribution is -2.46. The van der Waals surface area contributed by atoms with Crippen LogP contribution in [0.15, 0.2) is 42.9 Å². The summed E-state index contributed by atoms with van der Waals surface area (Å²) >= 11 is 0. The molecule has 2 aromatic heterocycles. The summed E-state index contributed by atoms with van der Waals surface area (Å²) in [6, 6.07) is 7.96. The number of ketones is 1. The van der Waals surface area contributed by atoms with Gasteiger partial charge in [0, 0.05) is 62.3 Å². The topological polar surface area (TPSA) is 54.3 Å². The first-order chi connectivity index (χ1) is 13.8. The van der Waals surface area contributed by atoms with E-state index in [9.17, 15) is 4.79 Å². The van der Waals surface area contributed by atoms with Gasteiger partial charge in [-0.15, -0.1) is 0 Å². The quantitative estimate of drug-likeness (QED) is 0.692. The normalized spacial score (nSPS) is 17.7. The third-order valence-electron chi connectivity index (χ3n) is 4.94. The van der Waals surface area contributed by atoms with Crippen LogP contribution in [0, 0.1) is 0 Å². The van der Waals surface area contributed by atoms with Crippen LogP contribution < -0.4 is 0 Å². The maximum Gasteiger partial charge on any atom is 0.152 e. The largest absolute Gasteiger partial charge is 0.304 e. The Bertz CT molecular complexity index is 1040. The molecule has 0 atom stereocenters. The van der Waals surface area contributed by atoms with Gasteiger partial charge < -0.3 is 4.90 Å². The number of carbonyl (C=O) groups is 1. The second-order valence-corrected chi connectivity index (χ2v) is 7.14. The standard InChI is InChI=1S/C21H25N5O/c1-24-5-7-26(8-6-24)15-21(27)11-20-10-18-9-16(3-4-17(18)12-22-20)19-13-23-25(2)14-19/h3-4,9-10,12-14H,5-8,11,15H2,1-2H3/i15D2. The minimum atomic E-state index is -1.98. The fourth-order valence-electron chi connectivity index (χ4n) is 3.33. The number of rotatable bonds is 5. The molecular weight excluding hydrogens is 338 g/mol. The molecule has 27 heavy (non-hydrogen) atoms. The van der Waals surface area contributed by atoms with E-state index < -0.39 is 12.3 Å². The minimum Gasteiger partial charge on any atom is -0.304 e. The number of nitrogens with zero attached hydrogens (tertiary/aromatic N) is 5. The number of likely N-dealkylation sites (N-methyl/N-ethyl adjacent to an activating group) is 1. The Hall–Kier alpha value is -2.57.